The Morgan fingerprint density at radius 1 is 1.35 bits per heavy atom. The molecule has 0 atom stereocenters. The van der Waals surface area contributed by atoms with Crippen LogP contribution in [0, 0.1) is 6.92 Å². The number of fused-ring (bicyclic) bond motifs is 1. The molecule has 0 unspecified atom stereocenters. The van der Waals surface area contributed by atoms with E-state index in [1.165, 1.54) is 16.0 Å². The highest BCUT2D eigenvalue weighted by molar-refractivity contribution is 7.99. The van der Waals surface area contributed by atoms with E-state index >= 15 is 0 Å². The summed E-state index contributed by atoms with van der Waals surface area (Å²) in [6.07, 6.45) is 0.863. The summed E-state index contributed by atoms with van der Waals surface area (Å²) in [4.78, 5) is 3.44. The van der Waals surface area contributed by atoms with E-state index in [1.807, 2.05) is 24.7 Å². The maximum Gasteiger partial charge on any atom is 0.103 e. The molecular weight excluding hydrogens is 268 g/mol. The van der Waals surface area contributed by atoms with E-state index in [0.29, 0.717) is 6.54 Å². The molecule has 0 saturated heterocycles. The molecule has 0 amide bonds. The highest BCUT2D eigenvalue weighted by atomic mass is 32.2. The summed E-state index contributed by atoms with van der Waals surface area (Å²) >= 11 is 1.72. The number of hydrogen-bond donors (Lipinski definition) is 2. The largest absolute Gasteiger partial charge is 0.349 e. The van der Waals surface area contributed by atoms with Crippen molar-refractivity contribution >= 4 is 22.7 Å². The summed E-state index contributed by atoms with van der Waals surface area (Å²) in [5, 5.41) is 8.04. The number of aromatic nitrogens is 3. The van der Waals surface area contributed by atoms with E-state index in [-0.39, 0.29) is 0 Å². The first-order valence-corrected chi connectivity index (χ1v) is 7.49. The summed E-state index contributed by atoms with van der Waals surface area (Å²) in [5.41, 5.74) is 9.18. The lowest BCUT2D eigenvalue weighted by molar-refractivity contribution is 0.687. The Kier molecular flexibility index (Phi) is 3.54. The SMILES string of the molecule is Cc1nn(C)c(Sc2cc3ccccc3[nH]2)c1CCN. The van der Waals surface area contributed by atoms with Crippen LogP contribution < -0.4 is 5.73 Å². The van der Waals surface area contributed by atoms with Gasteiger partial charge < -0.3 is 10.7 Å². The average molecular weight is 286 g/mol. The Morgan fingerprint density at radius 2 is 2.15 bits per heavy atom. The molecule has 3 rings (SSSR count). The van der Waals surface area contributed by atoms with Crippen molar-refractivity contribution in [3.63, 3.8) is 0 Å². The second-order valence-electron chi connectivity index (χ2n) is 4.85. The minimum atomic E-state index is 0.646. The molecule has 0 bridgehead atoms. The summed E-state index contributed by atoms with van der Waals surface area (Å²) in [6, 6.07) is 10.5. The second-order valence-corrected chi connectivity index (χ2v) is 5.88. The lowest BCUT2D eigenvalue weighted by atomic mass is 10.2. The standard InChI is InChI=1S/C15H18N4S/c1-10-12(7-8-16)15(19(2)18-10)20-14-9-11-5-3-4-6-13(11)17-14/h3-6,9,17H,7-8,16H2,1-2H3. The van der Waals surface area contributed by atoms with Gasteiger partial charge in [-0.3, -0.25) is 4.68 Å². The van der Waals surface area contributed by atoms with Crippen molar-refractivity contribution in [2.24, 2.45) is 12.8 Å². The molecule has 4 nitrogen and oxygen atoms in total. The fraction of sp³-hybridized carbons (Fsp3) is 0.267. The molecule has 0 aliphatic rings. The monoisotopic (exact) mass is 286 g/mol. The van der Waals surface area contributed by atoms with E-state index in [4.69, 9.17) is 5.73 Å². The van der Waals surface area contributed by atoms with Crippen LogP contribution in [-0.4, -0.2) is 21.3 Å². The van der Waals surface area contributed by atoms with Gasteiger partial charge in [-0.25, -0.2) is 0 Å². The van der Waals surface area contributed by atoms with Crippen LogP contribution in [0.3, 0.4) is 0 Å². The van der Waals surface area contributed by atoms with Crippen LogP contribution in [0.4, 0.5) is 0 Å². The lowest BCUT2D eigenvalue weighted by Crippen LogP contribution is -2.04. The van der Waals surface area contributed by atoms with Gasteiger partial charge in [-0.05, 0) is 32.0 Å². The fourth-order valence-corrected chi connectivity index (χ4v) is 3.55. The number of para-hydroxylation sites is 1. The molecule has 0 spiro atoms. The van der Waals surface area contributed by atoms with Gasteiger partial charge in [0.05, 0.1) is 10.7 Å². The molecule has 3 N–H and O–H groups in total. The van der Waals surface area contributed by atoms with Gasteiger partial charge in [0.1, 0.15) is 5.03 Å². The first-order valence-electron chi connectivity index (χ1n) is 6.67. The van der Waals surface area contributed by atoms with Crippen molar-refractivity contribution in [1.82, 2.24) is 14.8 Å². The fourth-order valence-electron chi connectivity index (χ4n) is 2.45. The van der Waals surface area contributed by atoms with E-state index in [1.54, 1.807) is 11.8 Å². The molecule has 20 heavy (non-hydrogen) atoms. The molecule has 5 heteroatoms. The third-order valence-electron chi connectivity index (χ3n) is 3.40. The third-order valence-corrected chi connectivity index (χ3v) is 4.54. The number of nitrogens with zero attached hydrogens (tertiary/aromatic N) is 2. The van der Waals surface area contributed by atoms with E-state index < -0.39 is 0 Å². The van der Waals surface area contributed by atoms with Crippen LogP contribution in [-0.2, 0) is 13.5 Å². The number of hydrogen-bond acceptors (Lipinski definition) is 3. The highest BCUT2D eigenvalue weighted by Crippen LogP contribution is 2.33. The van der Waals surface area contributed by atoms with Gasteiger partial charge in [0.25, 0.3) is 0 Å². The molecule has 0 aliphatic carbocycles. The third kappa shape index (κ3) is 2.34. The quantitative estimate of drug-likeness (QED) is 0.775. The van der Waals surface area contributed by atoms with Gasteiger partial charge in [0.15, 0.2) is 0 Å². The maximum absolute atomic E-state index is 5.71. The smallest absolute Gasteiger partial charge is 0.103 e. The van der Waals surface area contributed by atoms with Gasteiger partial charge >= 0.3 is 0 Å². The molecule has 0 radical (unpaired) electrons. The van der Waals surface area contributed by atoms with Gasteiger partial charge in [-0.15, -0.1) is 0 Å². The lowest BCUT2D eigenvalue weighted by Gasteiger charge is -2.03. The van der Waals surface area contributed by atoms with E-state index in [0.717, 1.165) is 22.7 Å². The minimum Gasteiger partial charge on any atom is -0.349 e. The van der Waals surface area contributed by atoms with Crippen molar-refractivity contribution < 1.29 is 0 Å². The van der Waals surface area contributed by atoms with Crippen LogP contribution in [0.15, 0.2) is 40.4 Å². The predicted molar refractivity (Wildman–Crippen MR) is 83.1 cm³/mol. The van der Waals surface area contributed by atoms with Crippen LogP contribution in [0.5, 0.6) is 0 Å². The summed E-state index contributed by atoms with van der Waals surface area (Å²) < 4.78 is 1.94. The molecule has 2 heterocycles. The van der Waals surface area contributed by atoms with Crippen LogP contribution in [0.1, 0.15) is 11.3 Å². The van der Waals surface area contributed by atoms with Crippen LogP contribution in [0.25, 0.3) is 10.9 Å². The Labute approximate surface area is 122 Å². The molecule has 2 aromatic heterocycles. The zero-order valence-corrected chi connectivity index (χ0v) is 12.5. The van der Waals surface area contributed by atoms with Crippen molar-refractivity contribution in [1.29, 1.82) is 0 Å². The summed E-state index contributed by atoms with van der Waals surface area (Å²) in [5.74, 6) is 0. The van der Waals surface area contributed by atoms with Crippen LogP contribution in [0.2, 0.25) is 0 Å². The highest BCUT2D eigenvalue weighted by Gasteiger charge is 2.14. The number of aryl methyl sites for hydroxylation is 2. The number of nitrogens with one attached hydrogen (secondary N) is 1. The molecule has 0 saturated carbocycles. The zero-order valence-electron chi connectivity index (χ0n) is 11.7. The van der Waals surface area contributed by atoms with Gasteiger partial charge in [-0.2, -0.15) is 5.10 Å². The maximum atomic E-state index is 5.71. The van der Waals surface area contributed by atoms with Crippen molar-refractivity contribution in [3.8, 4) is 0 Å². The Bertz CT molecular complexity index is 708. The number of rotatable bonds is 4. The first-order chi connectivity index (χ1) is 9.69. The van der Waals surface area contributed by atoms with Crippen molar-refractivity contribution in [2.75, 3.05) is 6.54 Å². The molecular formula is C15H18N4S. The average Bonchev–Trinajstić information content (AvgIpc) is 2.94. The van der Waals surface area contributed by atoms with Gasteiger partial charge in [-0.1, -0.05) is 30.0 Å². The summed E-state index contributed by atoms with van der Waals surface area (Å²) in [7, 11) is 1.98. The molecule has 0 aliphatic heterocycles. The number of benzene rings is 1. The van der Waals surface area contributed by atoms with E-state index in [9.17, 15) is 0 Å². The summed E-state index contributed by atoms with van der Waals surface area (Å²) in [6.45, 7) is 2.69. The van der Waals surface area contributed by atoms with Crippen LogP contribution >= 0.6 is 11.8 Å². The zero-order chi connectivity index (χ0) is 14.1. The molecule has 104 valence electrons. The molecule has 0 fully saturated rings. The number of H-pyrrole nitrogens is 1. The Hall–Kier alpha value is -1.72. The van der Waals surface area contributed by atoms with Gasteiger partial charge in [0.2, 0.25) is 0 Å². The van der Waals surface area contributed by atoms with E-state index in [2.05, 4.69) is 34.3 Å². The topological polar surface area (TPSA) is 59.6 Å². The predicted octanol–water partition coefficient (Wildman–Crippen LogP) is 2.86. The second kappa shape index (κ2) is 5.34. The number of nitrogens with two attached hydrogens (primary N) is 1. The number of aromatic amines is 1. The molecule has 3 aromatic rings. The normalized spacial score (nSPS) is 11.3. The van der Waals surface area contributed by atoms with Crippen molar-refractivity contribution in [3.05, 3.63) is 41.6 Å². The Morgan fingerprint density at radius 3 is 2.90 bits per heavy atom. The minimum absolute atomic E-state index is 0.646. The van der Waals surface area contributed by atoms with Crippen molar-refractivity contribution in [2.45, 2.75) is 23.4 Å². The molecule has 1 aromatic carbocycles. The van der Waals surface area contributed by atoms with Gasteiger partial charge in [0, 0.05) is 23.5 Å². The first kappa shape index (κ1) is 13.3. The Balaban J connectivity index is 1.98.